The Morgan fingerprint density at radius 1 is 0.862 bits per heavy atom. The van der Waals surface area contributed by atoms with Crippen LogP contribution in [-0.4, -0.2) is 16.2 Å². The van der Waals surface area contributed by atoms with E-state index in [2.05, 4.69) is 79.1 Å². The quantitative estimate of drug-likeness (QED) is 0.307. The van der Waals surface area contributed by atoms with Crippen LogP contribution in [0.15, 0.2) is 72.8 Å². The molecule has 29 heavy (non-hydrogen) atoms. The Balaban J connectivity index is 1.74. The summed E-state index contributed by atoms with van der Waals surface area (Å²) >= 11 is 0. The fourth-order valence-corrected chi connectivity index (χ4v) is 3.60. The lowest BCUT2D eigenvalue weighted by molar-refractivity contribution is 0.305. The van der Waals surface area contributed by atoms with E-state index in [0.29, 0.717) is 0 Å². The predicted octanol–water partition coefficient (Wildman–Crippen LogP) is 6.96. The molecule has 0 bridgehead atoms. The van der Waals surface area contributed by atoms with Crippen molar-refractivity contribution in [1.29, 1.82) is 0 Å². The molecule has 0 aliphatic rings. The van der Waals surface area contributed by atoms with Crippen molar-refractivity contribution in [2.75, 3.05) is 6.61 Å². The topological polar surface area (TPSA) is 27.1 Å². The fourth-order valence-electron chi connectivity index (χ4n) is 3.60. The number of unbranched alkanes of at least 4 members (excludes halogenated alkanes) is 3. The van der Waals surface area contributed by atoms with Gasteiger partial charge in [0.1, 0.15) is 11.6 Å². The van der Waals surface area contributed by atoms with Gasteiger partial charge in [-0.1, -0.05) is 74.2 Å². The van der Waals surface area contributed by atoms with Crippen LogP contribution in [-0.2, 0) is 0 Å². The van der Waals surface area contributed by atoms with Crippen LogP contribution in [0.5, 0.6) is 5.75 Å². The second kappa shape index (κ2) is 8.95. The zero-order valence-corrected chi connectivity index (χ0v) is 17.3. The third-order valence-corrected chi connectivity index (χ3v) is 5.22. The highest BCUT2D eigenvalue weighted by molar-refractivity contribution is 5.84. The van der Waals surface area contributed by atoms with Gasteiger partial charge in [-0.25, -0.2) is 4.98 Å². The van der Waals surface area contributed by atoms with Crippen molar-refractivity contribution >= 4 is 11.0 Å². The van der Waals surface area contributed by atoms with Gasteiger partial charge in [-0.2, -0.15) is 0 Å². The van der Waals surface area contributed by atoms with Gasteiger partial charge >= 0.3 is 0 Å². The van der Waals surface area contributed by atoms with Crippen molar-refractivity contribution in [3.63, 3.8) is 0 Å². The fraction of sp³-hybridized carbons (Fsp3) is 0.269. The van der Waals surface area contributed by atoms with E-state index in [9.17, 15) is 0 Å². The van der Waals surface area contributed by atoms with E-state index in [4.69, 9.17) is 9.72 Å². The molecule has 148 valence electrons. The van der Waals surface area contributed by atoms with Crippen LogP contribution < -0.4 is 4.74 Å². The molecular weight excluding hydrogens is 356 g/mol. The Morgan fingerprint density at radius 3 is 2.41 bits per heavy atom. The number of rotatable bonds is 8. The van der Waals surface area contributed by atoms with E-state index in [1.807, 2.05) is 12.1 Å². The van der Waals surface area contributed by atoms with E-state index in [1.165, 1.54) is 24.8 Å². The summed E-state index contributed by atoms with van der Waals surface area (Å²) in [6, 6.07) is 25.2. The minimum absolute atomic E-state index is 0.760. The van der Waals surface area contributed by atoms with E-state index >= 15 is 0 Å². The smallest absolute Gasteiger partial charge is 0.145 e. The Labute approximate surface area is 173 Å². The standard InChI is InChI=1S/C26H28N2O/c1-3-4-5-9-18-29-23-16-17-24-25(19-23)28(22-10-7-6-8-11-22)26(27-24)21-14-12-20(2)13-15-21/h6-8,10-17,19H,3-5,9,18H2,1-2H3. The lowest BCUT2D eigenvalue weighted by Gasteiger charge is -2.11. The van der Waals surface area contributed by atoms with Gasteiger partial charge in [0.15, 0.2) is 0 Å². The van der Waals surface area contributed by atoms with Gasteiger partial charge in [0.25, 0.3) is 0 Å². The minimum Gasteiger partial charge on any atom is -0.494 e. The van der Waals surface area contributed by atoms with E-state index < -0.39 is 0 Å². The number of hydrogen-bond acceptors (Lipinski definition) is 2. The molecule has 0 saturated carbocycles. The molecule has 0 fully saturated rings. The first-order valence-electron chi connectivity index (χ1n) is 10.5. The van der Waals surface area contributed by atoms with Crippen LogP contribution in [0.3, 0.4) is 0 Å². The van der Waals surface area contributed by atoms with Crippen LogP contribution >= 0.6 is 0 Å². The van der Waals surface area contributed by atoms with Crippen LogP contribution in [0.2, 0.25) is 0 Å². The Kier molecular flexibility index (Phi) is 5.95. The average Bonchev–Trinajstić information content (AvgIpc) is 3.13. The monoisotopic (exact) mass is 384 g/mol. The number of benzene rings is 3. The second-order valence-electron chi connectivity index (χ2n) is 7.53. The predicted molar refractivity (Wildman–Crippen MR) is 121 cm³/mol. The number of nitrogens with zero attached hydrogens (tertiary/aromatic N) is 2. The summed E-state index contributed by atoms with van der Waals surface area (Å²) in [6.45, 7) is 5.09. The zero-order valence-electron chi connectivity index (χ0n) is 17.3. The number of para-hydroxylation sites is 1. The summed E-state index contributed by atoms with van der Waals surface area (Å²) in [5.41, 5.74) is 5.50. The second-order valence-corrected chi connectivity index (χ2v) is 7.53. The van der Waals surface area contributed by atoms with Gasteiger partial charge < -0.3 is 4.74 Å². The molecule has 1 heterocycles. The molecule has 0 aliphatic carbocycles. The molecule has 0 atom stereocenters. The lowest BCUT2D eigenvalue weighted by Crippen LogP contribution is -1.99. The molecule has 0 aliphatic heterocycles. The van der Waals surface area contributed by atoms with Crippen molar-refractivity contribution < 1.29 is 4.74 Å². The summed E-state index contributed by atoms with van der Waals surface area (Å²) in [5.74, 6) is 1.85. The summed E-state index contributed by atoms with van der Waals surface area (Å²) in [6.07, 6.45) is 4.82. The Bertz CT molecular complexity index is 1070. The van der Waals surface area contributed by atoms with Crippen molar-refractivity contribution in [1.82, 2.24) is 9.55 Å². The summed E-state index contributed by atoms with van der Waals surface area (Å²) < 4.78 is 8.27. The summed E-state index contributed by atoms with van der Waals surface area (Å²) in [7, 11) is 0. The van der Waals surface area contributed by atoms with Crippen molar-refractivity contribution in [3.05, 3.63) is 78.4 Å². The molecule has 3 nitrogen and oxygen atoms in total. The maximum absolute atomic E-state index is 6.04. The van der Waals surface area contributed by atoms with E-state index in [-0.39, 0.29) is 0 Å². The van der Waals surface area contributed by atoms with E-state index in [1.54, 1.807) is 0 Å². The Hall–Kier alpha value is -3.07. The van der Waals surface area contributed by atoms with Gasteiger partial charge in [0.05, 0.1) is 17.6 Å². The molecule has 0 spiro atoms. The number of aromatic nitrogens is 2. The summed E-state index contributed by atoms with van der Waals surface area (Å²) in [4.78, 5) is 4.96. The highest BCUT2D eigenvalue weighted by Crippen LogP contribution is 2.31. The molecule has 0 saturated heterocycles. The largest absolute Gasteiger partial charge is 0.494 e. The van der Waals surface area contributed by atoms with Crippen LogP contribution in [0.1, 0.15) is 38.2 Å². The minimum atomic E-state index is 0.760. The first kappa shape index (κ1) is 19.3. The van der Waals surface area contributed by atoms with Crippen LogP contribution in [0.4, 0.5) is 0 Å². The molecule has 4 rings (SSSR count). The van der Waals surface area contributed by atoms with Crippen molar-refractivity contribution in [3.8, 4) is 22.8 Å². The van der Waals surface area contributed by atoms with Crippen LogP contribution in [0, 0.1) is 6.92 Å². The highest BCUT2D eigenvalue weighted by Gasteiger charge is 2.15. The third-order valence-electron chi connectivity index (χ3n) is 5.22. The van der Waals surface area contributed by atoms with Gasteiger partial charge in [-0.15, -0.1) is 0 Å². The molecule has 0 radical (unpaired) electrons. The average molecular weight is 385 g/mol. The molecule has 0 unspecified atom stereocenters. The molecule has 1 aromatic heterocycles. The lowest BCUT2D eigenvalue weighted by atomic mass is 10.1. The highest BCUT2D eigenvalue weighted by atomic mass is 16.5. The van der Waals surface area contributed by atoms with Gasteiger partial charge in [0.2, 0.25) is 0 Å². The number of fused-ring (bicyclic) bond motifs is 1. The summed E-state index contributed by atoms with van der Waals surface area (Å²) in [5, 5.41) is 0. The molecule has 0 N–H and O–H groups in total. The zero-order chi connectivity index (χ0) is 20.1. The Morgan fingerprint density at radius 2 is 1.66 bits per heavy atom. The van der Waals surface area contributed by atoms with Crippen LogP contribution in [0.25, 0.3) is 28.1 Å². The number of imidazole rings is 1. The maximum Gasteiger partial charge on any atom is 0.145 e. The van der Waals surface area contributed by atoms with Gasteiger partial charge in [0, 0.05) is 17.3 Å². The number of aryl methyl sites for hydroxylation is 1. The normalized spacial score (nSPS) is 11.1. The molecule has 3 heteroatoms. The molecule has 0 amide bonds. The first-order chi connectivity index (χ1) is 14.3. The van der Waals surface area contributed by atoms with Crippen molar-refractivity contribution in [2.24, 2.45) is 0 Å². The molecule has 4 aromatic rings. The molecular formula is C26H28N2O. The number of ether oxygens (including phenoxy) is 1. The third kappa shape index (κ3) is 4.34. The SMILES string of the molecule is CCCCCCOc1ccc2nc(-c3ccc(C)cc3)n(-c3ccccc3)c2c1. The van der Waals surface area contributed by atoms with Gasteiger partial charge in [-0.05, 0) is 37.6 Å². The first-order valence-corrected chi connectivity index (χ1v) is 10.5. The molecule has 3 aromatic carbocycles. The van der Waals surface area contributed by atoms with Gasteiger partial charge in [-0.3, -0.25) is 4.57 Å². The number of hydrogen-bond donors (Lipinski definition) is 0. The maximum atomic E-state index is 6.04. The van der Waals surface area contributed by atoms with Crippen molar-refractivity contribution in [2.45, 2.75) is 39.5 Å². The van der Waals surface area contributed by atoms with E-state index in [0.717, 1.165) is 46.9 Å².